The maximum atomic E-state index is 12.6. The van der Waals surface area contributed by atoms with Gasteiger partial charge in [0.25, 0.3) is 0 Å². The second kappa shape index (κ2) is 9.58. The number of aromatic nitrogens is 1. The largest absolute Gasteiger partial charge is 1.00 e. The fourth-order valence-electron chi connectivity index (χ4n) is 4.85. The zero-order valence-electron chi connectivity index (χ0n) is 17.8. The summed E-state index contributed by atoms with van der Waals surface area (Å²) in [5, 5.41) is 2.20. The molecule has 2 heterocycles. The Balaban J connectivity index is 0.00000231. The molecule has 7 nitrogen and oxygen atoms in total. The molecule has 0 unspecified atom stereocenters. The number of benzene rings is 1. The van der Waals surface area contributed by atoms with Crippen molar-refractivity contribution in [1.29, 1.82) is 0 Å². The van der Waals surface area contributed by atoms with E-state index in [0.717, 1.165) is 49.9 Å². The number of nitrogens with zero attached hydrogens (tertiary/aromatic N) is 3. The van der Waals surface area contributed by atoms with Crippen LogP contribution >= 0.6 is 0 Å². The molecule has 0 atom stereocenters. The molecule has 1 aromatic carbocycles. The van der Waals surface area contributed by atoms with Gasteiger partial charge in [0.15, 0.2) is 16.1 Å². The summed E-state index contributed by atoms with van der Waals surface area (Å²) >= 11 is 0. The zero-order chi connectivity index (χ0) is 20.7. The number of hydrogen-bond acceptors (Lipinski definition) is 5. The molecule has 1 aromatic heterocycles. The number of urea groups is 1. The fraction of sp³-hybridized carbons (Fsp3) is 0.455. The Morgan fingerprint density at radius 1 is 1.10 bits per heavy atom. The van der Waals surface area contributed by atoms with Crippen LogP contribution in [0.4, 0.5) is 10.5 Å². The van der Waals surface area contributed by atoms with Crippen LogP contribution in [-0.2, 0) is 42.3 Å². The minimum atomic E-state index is -3.85. The number of fused-ring (bicyclic) bond motifs is 2. The number of aryl methyl sites for hydroxylation is 2. The third-order valence-electron chi connectivity index (χ3n) is 6.37. The molecule has 31 heavy (non-hydrogen) atoms. The Labute approximate surface area is 225 Å². The molecule has 0 saturated carbocycles. The van der Waals surface area contributed by atoms with E-state index in [1.165, 1.54) is 22.3 Å². The van der Waals surface area contributed by atoms with E-state index in [2.05, 4.69) is 21.1 Å². The standard InChI is InChI=1S/C22H26N4O3S.K/c27-22(24-21-19-8-3-5-15(19)11-16-6-4-9-20(16)21)25-30(28,29)18-13-26(14-18)12-17-7-1-2-10-23-17;/h1-2,7,10-11,18H,3-6,8-9,12-14H2,(H2,24,25,27);/q;+1/p-1. The molecule has 3 aliphatic rings. The van der Waals surface area contributed by atoms with Crippen LogP contribution < -0.4 is 56.7 Å². The number of carbonyl (C=O) groups is 1. The number of amides is 2. The molecule has 0 bridgehead atoms. The van der Waals surface area contributed by atoms with Crippen molar-refractivity contribution in [3.05, 3.63) is 63.1 Å². The van der Waals surface area contributed by atoms with E-state index in [9.17, 15) is 13.2 Å². The second-order valence-corrected chi connectivity index (χ2v) is 10.3. The minimum absolute atomic E-state index is 0. The van der Waals surface area contributed by atoms with E-state index in [1.807, 2.05) is 23.1 Å². The van der Waals surface area contributed by atoms with Crippen molar-refractivity contribution in [2.24, 2.45) is 0 Å². The summed E-state index contributed by atoms with van der Waals surface area (Å²) in [6.07, 6.45) is 7.77. The van der Waals surface area contributed by atoms with E-state index in [-0.39, 0.29) is 51.4 Å². The zero-order valence-corrected chi connectivity index (χ0v) is 21.7. The SMILES string of the molecule is O=C([N-]S(=O)(=O)C1CN(Cc2ccccn2)C1)Nc1c2c(cc3c1CCC3)CCC2.[K+]. The maximum Gasteiger partial charge on any atom is 1.00 e. The summed E-state index contributed by atoms with van der Waals surface area (Å²) in [5.74, 6) is 0. The van der Waals surface area contributed by atoms with Gasteiger partial charge < -0.3 is 10.0 Å². The van der Waals surface area contributed by atoms with Crippen LogP contribution in [0.15, 0.2) is 30.5 Å². The first-order chi connectivity index (χ1) is 14.5. The molecule has 9 heteroatoms. The molecule has 158 valence electrons. The second-order valence-electron chi connectivity index (χ2n) is 8.41. The van der Waals surface area contributed by atoms with Crippen molar-refractivity contribution in [1.82, 2.24) is 9.88 Å². The van der Waals surface area contributed by atoms with Crippen molar-refractivity contribution < 1.29 is 64.6 Å². The summed E-state index contributed by atoms with van der Waals surface area (Å²) in [6.45, 7) is 1.33. The number of nitrogens with one attached hydrogen (secondary N) is 1. The van der Waals surface area contributed by atoms with Gasteiger partial charge in [-0.3, -0.25) is 14.7 Å². The van der Waals surface area contributed by atoms with Gasteiger partial charge >= 0.3 is 51.4 Å². The molecule has 2 aliphatic carbocycles. The monoisotopic (exact) mass is 464 g/mol. The molecule has 5 rings (SSSR count). The van der Waals surface area contributed by atoms with E-state index in [1.54, 1.807) is 6.20 Å². The Morgan fingerprint density at radius 3 is 2.39 bits per heavy atom. The fourth-order valence-corrected chi connectivity index (χ4v) is 6.07. The van der Waals surface area contributed by atoms with Crippen LogP contribution in [0.1, 0.15) is 40.8 Å². The number of likely N-dealkylation sites (tertiary alicyclic amines) is 1. The Bertz CT molecular complexity index is 1050. The van der Waals surface area contributed by atoms with Gasteiger partial charge in [0.05, 0.1) is 10.9 Å². The number of sulfonamides is 1. The van der Waals surface area contributed by atoms with Crippen LogP contribution in [0.3, 0.4) is 0 Å². The molecule has 0 spiro atoms. The number of carbonyl (C=O) groups excluding carboxylic acids is 1. The van der Waals surface area contributed by atoms with Crippen LogP contribution in [0.25, 0.3) is 4.72 Å². The molecule has 0 radical (unpaired) electrons. The topological polar surface area (TPSA) is 93.5 Å². The Kier molecular flexibility index (Phi) is 7.22. The van der Waals surface area contributed by atoms with Crippen molar-refractivity contribution in [3.8, 4) is 0 Å². The maximum absolute atomic E-state index is 12.6. The van der Waals surface area contributed by atoms with E-state index in [4.69, 9.17) is 0 Å². The predicted molar refractivity (Wildman–Crippen MR) is 115 cm³/mol. The van der Waals surface area contributed by atoms with Crippen LogP contribution in [-0.4, -0.2) is 42.7 Å². The predicted octanol–water partition coefficient (Wildman–Crippen LogP) is 0.183. The molecule has 1 saturated heterocycles. The first-order valence-electron chi connectivity index (χ1n) is 10.6. The van der Waals surface area contributed by atoms with Gasteiger partial charge in [-0.05, 0) is 78.6 Å². The first kappa shape index (κ1) is 23.3. The van der Waals surface area contributed by atoms with Crippen LogP contribution in [0, 0.1) is 0 Å². The number of anilines is 1. The average molecular weight is 465 g/mol. The van der Waals surface area contributed by atoms with Crippen LogP contribution in [0.5, 0.6) is 0 Å². The summed E-state index contributed by atoms with van der Waals surface area (Å²) < 4.78 is 28.8. The summed E-state index contributed by atoms with van der Waals surface area (Å²) in [7, 11) is -3.85. The Hall–Kier alpha value is -0.814. The van der Waals surface area contributed by atoms with Crippen molar-refractivity contribution >= 4 is 21.7 Å². The van der Waals surface area contributed by atoms with Gasteiger partial charge in [-0.1, -0.05) is 12.1 Å². The van der Waals surface area contributed by atoms with Gasteiger partial charge in [0.1, 0.15) is 0 Å². The summed E-state index contributed by atoms with van der Waals surface area (Å²) in [5.41, 5.74) is 6.64. The van der Waals surface area contributed by atoms with Gasteiger partial charge in [-0.2, -0.15) is 0 Å². The van der Waals surface area contributed by atoms with Gasteiger partial charge in [0, 0.05) is 25.8 Å². The van der Waals surface area contributed by atoms with Crippen molar-refractivity contribution in [3.63, 3.8) is 0 Å². The normalized spacial score (nSPS) is 17.9. The number of pyridine rings is 1. The third kappa shape index (κ3) is 4.92. The van der Waals surface area contributed by atoms with Gasteiger partial charge in [-0.25, -0.2) is 8.42 Å². The van der Waals surface area contributed by atoms with Crippen LogP contribution in [0.2, 0.25) is 0 Å². The molecule has 1 fully saturated rings. The minimum Gasteiger partial charge on any atom is -0.423 e. The van der Waals surface area contributed by atoms with Gasteiger partial charge in [-0.15, -0.1) is 0 Å². The molecule has 2 aromatic rings. The first-order valence-corrected chi connectivity index (χ1v) is 12.1. The Morgan fingerprint density at radius 2 is 1.77 bits per heavy atom. The molecular weight excluding hydrogens is 439 g/mol. The van der Waals surface area contributed by atoms with Gasteiger partial charge in [0.2, 0.25) is 0 Å². The quantitative estimate of drug-likeness (QED) is 0.638. The molecule has 1 N–H and O–H groups in total. The number of hydrogen-bond donors (Lipinski definition) is 1. The van der Waals surface area contributed by atoms with Crippen molar-refractivity contribution in [2.45, 2.75) is 50.3 Å². The molecule has 1 aliphatic heterocycles. The third-order valence-corrected chi connectivity index (χ3v) is 7.93. The van der Waals surface area contributed by atoms with Crippen molar-refractivity contribution in [2.75, 3.05) is 18.4 Å². The average Bonchev–Trinajstić information content (AvgIpc) is 3.33. The van der Waals surface area contributed by atoms with E-state index >= 15 is 0 Å². The number of rotatable bonds is 5. The molecule has 2 amide bonds. The van der Waals surface area contributed by atoms with E-state index < -0.39 is 21.3 Å². The smallest absolute Gasteiger partial charge is 0.423 e. The molecular formula is C22H25KN4O3S. The summed E-state index contributed by atoms with van der Waals surface area (Å²) in [6, 6.07) is 7.18. The summed E-state index contributed by atoms with van der Waals surface area (Å²) in [4.78, 5) is 18.8. The van der Waals surface area contributed by atoms with E-state index in [0.29, 0.717) is 19.6 Å².